The van der Waals surface area contributed by atoms with Crippen LogP contribution in [0.25, 0.3) is 0 Å². The molecule has 134 valence electrons. The number of hydrogen-bond acceptors (Lipinski definition) is 3. The van der Waals surface area contributed by atoms with Gasteiger partial charge in [-0.2, -0.15) is 0 Å². The van der Waals surface area contributed by atoms with Crippen molar-refractivity contribution in [1.82, 2.24) is 0 Å². The SMILES string of the molecule is CC(Nc1ccc2c(c1)C(C)(C)CC2(C)C)C1CCS(=O)(=O)CC1. The first-order chi connectivity index (χ1) is 11.0. The second-order valence-corrected chi connectivity index (χ2v) is 11.4. The summed E-state index contributed by atoms with van der Waals surface area (Å²) in [6.45, 7) is 11.5. The molecule has 1 atom stereocenters. The fourth-order valence-corrected chi connectivity index (χ4v) is 6.40. The van der Waals surface area contributed by atoms with Crippen molar-refractivity contribution < 1.29 is 8.42 Å². The van der Waals surface area contributed by atoms with Gasteiger partial charge in [-0.3, -0.25) is 0 Å². The average molecular weight is 350 g/mol. The molecular formula is C20H31NO2S. The number of sulfone groups is 1. The normalized spacial score (nSPS) is 25.9. The quantitative estimate of drug-likeness (QED) is 0.886. The molecule has 1 heterocycles. The van der Waals surface area contributed by atoms with Gasteiger partial charge in [0, 0.05) is 11.7 Å². The average Bonchev–Trinajstić information content (AvgIpc) is 2.63. The molecule has 1 fully saturated rings. The van der Waals surface area contributed by atoms with Gasteiger partial charge in [-0.1, -0.05) is 33.8 Å². The van der Waals surface area contributed by atoms with E-state index in [9.17, 15) is 8.42 Å². The van der Waals surface area contributed by atoms with Gasteiger partial charge in [0.1, 0.15) is 9.84 Å². The Kier molecular flexibility index (Phi) is 4.26. The molecular weight excluding hydrogens is 318 g/mol. The van der Waals surface area contributed by atoms with E-state index in [0.717, 1.165) is 12.8 Å². The fraction of sp³-hybridized carbons (Fsp3) is 0.700. The van der Waals surface area contributed by atoms with Gasteiger partial charge in [0.25, 0.3) is 0 Å². The molecule has 0 bridgehead atoms. The van der Waals surface area contributed by atoms with Crippen molar-refractivity contribution in [2.45, 2.75) is 70.8 Å². The van der Waals surface area contributed by atoms with Crippen molar-refractivity contribution >= 4 is 15.5 Å². The highest BCUT2D eigenvalue weighted by molar-refractivity contribution is 7.91. The van der Waals surface area contributed by atoms with Gasteiger partial charge in [0.15, 0.2) is 0 Å². The van der Waals surface area contributed by atoms with Crippen LogP contribution < -0.4 is 5.32 Å². The number of benzene rings is 1. The molecule has 0 aromatic heterocycles. The van der Waals surface area contributed by atoms with Gasteiger partial charge in [-0.25, -0.2) is 8.42 Å². The van der Waals surface area contributed by atoms with Gasteiger partial charge in [-0.15, -0.1) is 0 Å². The Morgan fingerprint density at radius 2 is 1.62 bits per heavy atom. The zero-order valence-corrected chi connectivity index (χ0v) is 16.5. The first kappa shape index (κ1) is 17.8. The zero-order chi connectivity index (χ0) is 17.8. The van der Waals surface area contributed by atoms with E-state index in [-0.39, 0.29) is 10.8 Å². The van der Waals surface area contributed by atoms with Crippen LogP contribution in [0.15, 0.2) is 18.2 Å². The first-order valence-electron chi connectivity index (χ1n) is 9.12. The Morgan fingerprint density at radius 3 is 2.25 bits per heavy atom. The summed E-state index contributed by atoms with van der Waals surface area (Å²) in [5, 5.41) is 3.64. The van der Waals surface area contributed by atoms with Crippen LogP contribution in [-0.4, -0.2) is 26.0 Å². The van der Waals surface area contributed by atoms with Crippen LogP contribution in [0.5, 0.6) is 0 Å². The van der Waals surface area contributed by atoms with Crippen molar-refractivity contribution in [2.24, 2.45) is 5.92 Å². The zero-order valence-electron chi connectivity index (χ0n) is 15.6. The van der Waals surface area contributed by atoms with E-state index in [1.54, 1.807) is 0 Å². The van der Waals surface area contributed by atoms with Crippen LogP contribution in [0.2, 0.25) is 0 Å². The maximum absolute atomic E-state index is 11.6. The number of nitrogens with one attached hydrogen (secondary N) is 1. The van der Waals surface area contributed by atoms with Gasteiger partial charge in [0.05, 0.1) is 11.5 Å². The van der Waals surface area contributed by atoms with Crippen LogP contribution in [0.1, 0.15) is 65.0 Å². The van der Waals surface area contributed by atoms with Crippen molar-refractivity contribution in [3.8, 4) is 0 Å². The van der Waals surface area contributed by atoms with Crippen LogP contribution in [0.4, 0.5) is 5.69 Å². The summed E-state index contributed by atoms with van der Waals surface area (Å²) in [5.74, 6) is 1.12. The third kappa shape index (κ3) is 3.35. The minimum atomic E-state index is -2.79. The lowest BCUT2D eigenvalue weighted by Crippen LogP contribution is -2.33. The topological polar surface area (TPSA) is 46.2 Å². The number of hydrogen-bond donors (Lipinski definition) is 1. The molecule has 0 amide bonds. The lowest BCUT2D eigenvalue weighted by atomic mass is 9.82. The summed E-state index contributed by atoms with van der Waals surface area (Å²) in [4.78, 5) is 0. The molecule has 0 saturated carbocycles. The largest absolute Gasteiger partial charge is 0.382 e. The molecule has 1 aromatic rings. The van der Waals surface area contributed by atoms with E-state index in [1.165, 1.54) is 23.2 Å². The summed E-state index contributed by atoms with van der Waals surface area (Å²) < 4.78 is 23.2. The highest BCUT2D eigenvalue weighted by atomic mass is 32.2. The van der Waals surface area contributed by atoms with Gasteiger partial charge < -0.3 is 5.32 Å². The molecule has 2 aliphatic rings. The van der Waals surface area contributed by atoms with Crippen LogP contribution in [0, 0.1) is 5.92 Å². The van der Waals surface area contributed by atoms with Gasteiger partial charge in [0.2, 0.25) is 0 Å². The maximum atomic E-state index is 11.6. The summed E-state index contributed by atoms with van der Waals surface area (Å²) in [5.41, 5.74) is 4.53. The van der Waals surface area contributed by atoms with E-state index >= 15 is 0 Å². The van der Waals surface area contributed by atoms with Crippen molar-refractivity contribution in [2.75, 3.05) is 16.8 Å². The Labute approximate surface area is 147 Å². The summed E-state index contributed by atoms with van der Waals surface area (Å²) in [6, 6.07) is 7.10. The standard InChI is InChI=1S/C20H31NO2S/c1-14(15-8-10-24(22,23)11-9-15)21-16-6-7-17-18(12-16)20(4,5)13-19(17,2)3/h6-7,12,14-15,21H,8-11,13H2,1-5H3. The smallest absolute Gasteiger partial charge is 0.150 e. The highest BCUT2D eigenvalue weighted by Crippen LogP contribution is 2.49. The molecule has 1 aliphatic heterocycles. The molecule has 1 aliphatic carbocycles. The Balaban J connectivity index is 1.75. The second kappa shape index (κ2) is 5.76. The monoisotopic (exact) mass is 349 g/mol. The van der Waals surface area contributed by atoms with E-state index in [0.29, 0.717) is 23.5 Å². The third-order valence-corrected chi connectivity index (χ3v) is 7.78. The lowest BCUT2D eigenvalue weighted by Gasteiger charge is -2.29. The number of fused-ring (bicyclic) bond motifs is 1. The lowest BCUT2D eigenvalue weighted by molar-refractivity contribution is 0.403. The first-order valence-corrected chi connectivity index (χ1v) is 10.9. The summed E-state index contributed by atoms with van der Waals surface area (Å²) >= 11 is 0. The minimum absolute atomic E-state index is 0.207. The number of rotatable bonds is 3. The number of anilines is 1. The molecule has 1 aromatic carbocycles. The van der Waals surface area contributed by atoms with Crippen molar-refractivity contribution in [1.29, 1.82) is 0 Å². The summed E-state index contributed by atoms with van der Waals surface area (Å²) in [7, 11) is -2.79. The van der Waals surface area contributed by atoms with E-state index in [4.69, 9.17) is 0 Å². The van der Waals surface area contributed by atoms with E-state index < -0.39 is 9.84 Å². The Morgan fingerprint density at radius 1 is 1.04 bits per heavy atom. The molecule has 0 spiro atoms. The van der Waals surface area contributed by atoms with Crippen molar-refractivity contribution in [3.63, 3.8) is 0 Å². The fourth-order valence-electron chi connectivity index (χ4n) is 4.87. The van der Waals surface area contributed by atoms with Crippen molar-refractivity contribution in [3.05, 3.63) is 29.3 Å². The Hall–Kier alpha value is -1.03. The molecule has 3 nitrogen and oxygen atoms in total. The van der Waals surface area contributed by atoms with Gasteiger partial charge >= 0.3 is 0 Å². The predicted octanol–water partition coefficient (Wildman–Crippen LogP) is 4.27. The predicted molar refractivity (Wildman–Crippen MR) is 102 cm³/mol. The van der Waals surface area contributed by atoms with E-state index in [1.807, 2.05) is 0 Å². The minimum Gasteiger partial charge on any atom is -0.382 e. The molecule has 1 N–H and O–H groups in total. The van der Waals surface area contributed by atoms with Crippen LogP contribution in [-0.2, 0) is 20.7 Å². The molecule has 4 heteroatoms. The van der Waals surface area contributed by atoms with Crippen LogP contribution >= 0.6 is 0 Å². The van der Waals surface area contributed by atoms with Crippen LogP contribution in [0.3, 0.4) is 0 Å². The maximum Gasteiger partial charge on any atom is 0.150 e. The second-order valence-electron chi connectivity index (χ2n) is 9.13. The molecule has 0 radical (unpaired) electrons. The summed E-state index contributed by atoms with van der Waals surface area (Å²) in [6.07, 6.45) is 2.73. The van der Waals surface area contributed by atoms with E-state index in [2.05, 4.69) is 58.1 Å². The molecule has 3 rings (SSSR count). The van der Waals surface area contributed by atoms with Gasteiger partial charge in [-0.05, 0) is 66.2 Å². The molecule has 1 saturated heterocycles. The third-order valence-electron chi connectivity index (χ3n) is 6.06. The highest BCUT2D eigenvalue weighted by Gasteiger charge is 2.41. The Bertz CT molecular complexity index is 720. The molecule has 1 unspecified atom stereocenters. The molecule has 24 heavy (non-hydrogen) atoms.